The molecule has 0 bridgehead atoms. The lowest BCUT2D eigenvalue weighted by atomic mass is 9.80. The lowest BCUT2D eigenvalue weighted by Gasteiger charge is -2.34. The van der Waals surface area contributed by atoms with Crippen molar-refractivity contribution in [2.24, 2.45) is 5.73 Å². The topological polar surface area (TPSA) is 47.3 Å². The van der Waals surface area contributed by atoms with E-state index < -0.39 is 0 Å². The summed E-state index contributed by atoms with van der Waals surface area (Å²) in [4.78, 5) is 0. The molecule has 0 amide bonds. The fraction of sp³-hybridized carbons (Fsp3) is 0.700. The summed E-state index contributed by atoms with van der Waals surface area (Å²) < 4.78 is 6.19. The summed E-state index contributed by atoms with van der Waals surface area (Å²) in [6.45, 7) is 4.12. The molecule has 1 aromatic carbocycles. The van der Waals surface area contributed by atoms with Crippen LogP contribution >= 0.6 is 0 Å². The first-order valence-corrected chi connectivity index (χ1v) is 9.46. The maximum absolute atomic E-state index is 6.19. The summed E-state index contributed by atoms with van der Waals surface area (Å²) in [6.07, 6.45) is 8.77. The second kappa shape index (κ2) is 8.27. The van der Waals surface area contributed by atoms with Gasteiger partial charge in [0.15, 0.2) is 0 Å². The zero-order valence-corrected chi connectivity index (χ0v) is 14.5. The highest BCUT2D eigenvalue weighted by atomic mass is 16.5. The molecule has 3 nitrogen and oxygen atoms in total. The zero-order chi connectivity index (χ0) is 16.1. The summed E-state index contributed by atoms with van der Waals surface area (Å²) in [7, 11) is 0. The largest absolute Gasteiger partial charge is 0.377 e. The van der Waals surface area contributed by atoms with Crippen LogP contribution in [-0.2, 0) is 11.2 Å². The Morgan fingerprint density at radius 2 is 1.91 bits per heavy atom. The molecule has 1 saturated heterocycles. The Labute approximate surface area is 141 Å². The van der Waals surface area contributed by atoms with Crippen LogP contribution in [0.3, 0.4) is 0 Å². The molecule has 1 saturated carbocycles. The molecule has 128 valence electrons. The summed E-state index contributed by atoms with van der Waals surface area (Å²) in [5.74, 6) is 0.723. The molecule has 1 heterocycles. The van der Waals surface area contributed by atoms with Crippen LogP contribution in [0.25, 0.3) is 0 Å². The van der Waals surface area contributed by atoms with E-state index in [0.717, 1.165) is 31.9 Å². The molecule has 2 atom stereocenters. The van der Waals surface area contributed by atoms with E-state index >= 15 is 0 Å². The van der Waals surface area contributed by atoms with E-state index in [9.17, 15) is 0 Å². The SMILES string of the molecule is CCc1ccccc1[C@H]1CC[C@@H](OC[C@@H]2NCCC[C@@H]2N)CC1. The number of nitrogens with one attached hydrogen (secondary N) is 1. The summed E-state index contributed by atoms with van der Waals surface area (Å²) in [5, 5.41) is 3.51. The van der Waals surface area contributed by atoms with Gasteiger partial charge in [0, 0.05) is 12.1 Å². The standard InChI is InChI=1S/C20H32N2O/c1-2-15-6-3-4-7-18(15)16-9-11-17(12-10-16)23-14-20-19(21)8-5-13-22-20/h3-4,6-7,16-17,19-20,22H,2,5,8-14,21H2,1H3/t16-,17+,19-,20-/m0/s1. The predicted molar refractivity (Wildman–Crippen MR) is 95.8 cm³/mol. The molecular formula is C20H32N2O. The van der Waals surface area contributed by atoms with Gasteiger partial charge in [0.05, 0.1) is 12.7 Å². The number of benzene rings is 1. The summed E-state index contributed by atoms with van der Waals surface area (Å²) >= 11 is 0. The molecule has 0 aromatic heterocycles. The third-order valence-corrected chi connectivity index (χ3v) is 5.70. The molecule has 3 N–H and O–H groups in total. The number of rotatable bonds is 5. The highest BCUT2D eigenvalue weighted by Gasteiger charge is 2.26. The summed E-state index contributed by atoms with van der Waals surface area (Å²) in [6, 6.07) is 9.58. The van der Waals surface area contributed by atoms with Crippen LogP contribution in [0.4, 0.5) is 0 Å². The molecule has 1 aliphatic carbocycles. The van der Waals surface area contributed by atoms with Crippen LogP contribution in [0, 0.1) is 0 Å². The van der Waals surface area contributed by atoms with Gasteiger partial charge in [0.2, 0.25) is 0 Å². The minimum Gasteiger partial charge on any atom is -0.377 e. The quantitative estimate of drug-likeness (QED) is 0.875. The molecule has 3 rings (SSSR count). The molecular weight excluding hydrogens is 284 g/mol. The van der Waals surface area contributed by atoms with Crippen molar-refractivity contribution in [3.05, 3.63) is 35.4 Å². The van der Waals surface area contributed by atoms with E-state index in [1.807, 2.05) is 0 Å². The number of ether oxygens (including phenoxy) is 1. The second-order valence-electron chi connectivity index (χ2n) is 7.23. The van der Waals surface area contributed by atoms with Crippen molar-refractivity contribution >= 4 is 0 Å². The van der Waals surface area contributed by atoms with Gasteiger partial charge >= 0.3 is 0 Å². The predicted octanol–water partition coefficient (Wildman–Crippen LogP) is 3.37. The van der Waals surface area contributed by atoms with E-state index in [2.05, 4.69) is 36.5 Å². The van der Waals surface area contributed by atoms with Gasteiger partial charge in [0.25, 0.3) is 0 Å². The van der Waals surface area contributed by atoms with Gasteiger partial charge in [-0.25, -0.2) is 0 Å². The van der Waals surface area contributed by atoms with Crippen LogP contribution in [0.5, 0.6) is 0 Å². The lowest BCUT2D eigenvalue weighted by molar-refractivity contribution is 0.00616. The Bertz CT molecular complexity index is 482. The van der Waals surface area contributed by atoms with Gasteiger partial charge in [-0.1, -0.05) is 31.2 Å². The van der Waals surface area contributed by atoms with Gasteiger partial charge < -0.3 is 15.8 Å². The number of aryl methyl sites for hydroxylation is 1. The average molecular weight is 316 g/mol. The van der Waals surface area contributed by atoms with Crippen molar-refractivity contribution in [3.63, 3.8) is 0 Å². The Morgan fingerprint density at radius 1 is 1.13 bits per heavy atom. The van der Waals surface area contributed by atoms with Crippen LogP contribution in [-0.4, -0.2) is 31.3 Å². The van der Waals surface area contributed by atoms with Gasteiger partial charge in [0.1, 0.15) is 0 Å². The van der Waals surface area contributed by atoms with Gasteiger partial charge in [-0.05, 0) is 68.5 Å². The fourth-order valence-corrected chi connectivity index (χ4v) is 4.19. The molecule has 2 aliphatic rings. The Hall–Kier alpha value is -0.900. The Balaban J connectivity index is 1.47. The van der Waals surface area contributed by atoms with Crippen molar-refractivity contribution < 1.29 is 4.74 Å². The van der Waals surface area contributed by atoms with E-state index in [0.29, 0.717) is 12.1 Å². The van der Waals surface area contributed by atoms with Gasteiger partial charge in [-0.3, -0.25) is 0 Å². The van der Waals surface area contributed by atoms with Crippen molar-refractivity contribution in [1.82, 2.24) is 5.32 Å². The fourth-order valence-electron chi connectivity index (χ4n) is 4.19. The molecule has 0 unspecified atom stereocenters. The first-order valence-electron chi connectivity index (χ1n) is 9.46. The molecule has 1 aliphatic heterocycles. The van der Waals surface area contributed by atoms with Gasteiger partial charge in [-0.15, -0.1) is 0 Å². The van der Waals surface area contributed by atoms with Crippen LogP contribution < -0.4 is 11.1 Å². The lowest BCUT2D eigenvalue weighted by Crippen LogP contribution is -2.52. The van der Waals surface area contributed by atoms with Crippen molar-refractivity contribution in [2.75, 3.05) is 13.2 Å². The Kier molecular flexibility index (Phi) is 6.09. The van der Waals surface area contributed by atoms with Crippen molar-refractivity contribution in [3.8, 4) is 0 Å². The van der Waals surface area contributed by atoms with Crippen LogP contribution in [0.1, 0.15) is 62.5 Å². The average Bonchev–Trinajstić information content (AvgIpc) is 2.61. The highest BCUT2D eigenvalue weighted by Crippen LogP contribution is 2.35. The Morgan fingerprint density at radius 3 is 2.65 bits per heavy atom. The maximum Gasteiger partial charge on any atom is 0.0638 e. The van der Waals surface area contributed by atoms with Gasteiger partial charge in [-0.2, -0.15) is 0 Å². The second-order valence-corrected chi connectivity index (χ2v) is 7.23. The third kappa shape index (κ3) is 4.34. The van der Waals surface area contributed by atoms with E-state index in [4.69, 9.17) is 10.5 Å². The highest BCUT2D eigenvalue weighted by molar-refractivity contribution is 5.30. The molecule has 23 heavy (non-hydrogen) atoms. The van der Waals surface area contributed by atoms with Crippen molar-refractivity contribution in [1.29, 1.82) is 0 Å². The zero-order valence-electron chi connectivity index (χ0n) is 14.5. The number of nitrogens with two attached hydrogens (primary N) is 1. The number of piperidine rings is 1. The van der Waals surface area contributed by atoms with Crippen molar-refractivity contribution in [2.45, 2.75) is 76.0 Å². The molecule has 0 spiro atoms. The molecule has 1 aromatic rings. The first kappa shape index (κ1) is 16.9. The number of hydrogen-bond donors (Lipinski definition) is 2. The summed E-state index contributed by atoms with van der Waals surface area (Å²) in [5.41, 5.74) is 9.28. The van der Waals surface area contributed by atoms with E-state index in [1.54, 1.807) is 5.56 Å². The molecule has 3 heteroatoms. The van der Waals surface area contributed by atoms with E-state index in [-0.39, 0.29) is 6.04 Å². The van der Waals surface area contributed by atoms with Crippen LogP contribution in [0.2, 0.25) is 0 Å². The van der Waals surface area contributed by atoms with E-state index in [1.165, 1.54) is 37.7 Å². The molecule has 0 radical (unpaired) electrons. The monoisotopic (exact) mass is 316 g/mol. The minimum absolute atomic E-state index is 0.261. The minimum atomic E-state index is 0.261. The first-order chi connectivity index (χ1) is 11.3. The maximum atomic E-state index is 6.19. The molecule has 2 fully saturated rings. The number of hydrogen-bond acceptors (Lipinski definition) is 3. The third-order valence-electron chi connectivity index (χ3n) is 5.70. The smallest absolute Gasteiger partial charge is 0.0638 e. The normalized spacial score (nSPS) is 31.9. The van der Waals surface area contributed by atoms with Crippen LogP contribution in [0.15, 0.2) is 24.3 Å².